The van der Waals surface area contributed by atoms with Gasteiger partial charge in [0.15, 0.2) is 17.9 Å². The Hall–Kier alpha value is -8.92. The summed E-state index contributed by atoms with van der Waals surface area (Å²) in [5.74, 6) is -8.51. The molecular weight excluding hydrogens is 1020 g/mol. The molecule has 0 aliphatic carbocycles. The summed E-state index contributed by atoms with van der Waals surface area (Å²) >= 11 is 0. The molecule has 428 valence electrons. The molecule has 78 heavy (non-hydrogen) atoms. The first-order valence-electron chi connectivity index (χ1n) is 25.3. The molecule has 0 unspecified atom stereocenters. The molecule has 0 saturated carbocycles. The van der Waals surface area contributed by atoms with Gasteiger partial charge >= 0.3 is 0 Å². The summed E-state index contributed by atoms with van der Waals surface area (Å²) < 4.78 is 0. The third kappa shape index (κ3) is 24.2. The van der Waals surface area contributed by atoms with E-state index in [1.165, 1.54) is 48.5 Å². The monoisotopic (exact) mass is 1090 g/mol. The van der Waals surface area contributed by atoms with Crippen molar-refractivity contribution in [1.29, 1.82) is 0 Å². The van der Waals surface area contributed by atoms with Crippen LogP contribution in [0.1, 0.15) is 82.8 Å². The van der Waals surface area contributed by atoms with Crippen LogP contribution in [-0.4, -0.2) is 150 Å². The lowest BCUT2D eigenvalue weighted by Gasteiger charge is -2.28. The summed E-state index contributed by atoms with van der Waals surface area (Å²) in [5, 5.41) is 40.4. The van der Waals surface area contributed by atoms with Crippen molar-refractivity contribution in [3.8, 4) is 11.5 Å². The van der Waals surface area contributed by atoms with Gasteiger partial charge in [-0.3, -0.25) is 58.1 Å². The number of nitrogens with one attached hydrogen (secondary N) is 8. The van der Waals surface area contributed by atoms with Gasteiger partial charge in [0.05, 0.1) is 6.54 Å². The smallest absolute Gasteiger partial charge is 0.243 e. The van der Waals surface area contributed by atoms with Crippen LogP contribution in [0.15, 0.2) is 63.5 Å². The van der Waals surface area contributed by atoms with E-state index in [2.05, 4.69) is 57.5 Å². The molecule has 24 N–H and O–H groups in total. The molecule has 29 nitrogen and oxygen atoms in total. The van der Waals surface area contributed by atoms with Gasteiger partial charge < -0.3 is 92.9 Å². The summed E-state index contributed by atoms with van der Waals surface area (Å²) in [7, 11) is 0. The number of aromatic hydroxyl groups is 2. The number of phenolic OH excluding ortho intramolecular Hbond substituents is 2. The third-order valence-electron chi connectivity index (χ3n) is 11.9. The molecule has 1 aliphatic rings. The fourth-order valence-corrected chi connectivity index (χ4v) is 7.90. The number of rotatable bonds is 27. The Kier molecular flexibility index (Phi) is 26.4. The highest BCUT2D eigenvalue weighted by atomic mass is 16.3. The number of guanidine groups is 3. The van der Waals surface area contributed by atoms with Crippen LogP contribution in [-0.2, 0) is 56.0 Å². The van der Waals surface area contributed by atoms with Crippen molar-refractivity contribution in [3.05, 3.63) is 59.7 Å². The molecule has 2 aromatic rings. The van der Waals surface area contributed by atoms with Crippen LogP contribution in [0, 0.1) is 5.92 Å². The van der Waals surface area contributed by atoms with Gasteiger partial charge in [-0.15, -0.1) is 0 Å². The molecule has 2 aromatic carbocycles. The molecule has 0 bridgehead atoms. The molecule has 7 atom stereocenters. The molecule has 1 saturated heterocycles. The van der Waals surface area contributed by atoms with Crippen LogP contribution >= 0.6 is 0 Å². The number of carbonyl (C=O) groups is 9. The second-order valence-corrected chi connectivity index (χ2v) is 18.9. The van der Waals surface area contributed by atoms with Crippen LogP contribution in [0.2, 0.25) is 0 Å². The van der Waals surface area contributed by atoms with Crippen molar-refractivity contribution < 1.29 is 53.4 Å². The topological polar surface area (TPSA) is 510 Å². The number of nitrogens with two attached hydrogens (primary N) is 7. The van der Waals surface area contributed by atoms with E-state index in [-0.39, 0.29) is 113 Å². The average Bonchev–Trinajstić information content (AvgIpc) is 3.36. The first kappa shape index (κ1) is 63.4. The first-order valence-corrected chi connectivity index (χ1v) is 25.3. The van der Waals surface area contributed by atoms with Gasteiger partial charge in [-0.25, -0.2) is 0 Å². The van der Waals surface area contributed by atoms with Gasteiger partial charge in [-0.05, 0) is 92.7 Å². The lowest BCUT2D eigenvalue weighted by molar-refractivity contribution is -0.136. The Balaban J connectivity index is 1.99. The Morgan fingerprint density at radius 1 is 0.590 bits per heavy atom. The molecule has 0 spiro atoms. The summed E-state index contributed by atoms with van der Waals surface area (Å²) in [4.78, 5) is 136. The first-order chi connectivity index (χ1) is 36.9. The maximum Gasteiger partial charge on any atom is 0.243 e. The van der Waals surface area contributed by atoms with Crippen LogP contribution < -0.4 is 82.7 Å². The maximum absolute atomic E-state index is 14.5. The van der Waals surface area contributed by atoms with Crippen LogP contribution in [0.3, 0.4) is 0 Å². The van der Waals surface area contributed by atoms with E-state index in [0.717, 1.165) is 0 Å². The lowest BCUT2D eigenvalue weighted by Crippen LogP contribution is -2.60. The summed E-state index contributed by atoms with van der Waals surface area (Å²) in [6.07, 6.45) is -0.717. The predicted molar refractivity (Wildman–Crippen MR) is 288 cm³/mol. The molecule has 1 aliphatic heterocycles. The van der Waals surface area contributed by atoms with Gasteiger partial charge in [0.25, 0.3) is 0 Å². The number of hydrogen-bond donors (Lipinski definition) is 17. The van der Waals surface area contributed by atoms with Crippen molar-refractivity contribution in [2.24, 2.45) is 61.0 Å². The molecule has 9 amide bonds. The SMILES string of the molecule is CC(C)C[C@H](NC(=O)[C@H](CCCN=C(N)N)NC(=O)[C@@H]1CCC(=O)N[C@@H](CCCN=C(N)N)C(=O)NCC(=O)N[C@@H](Cc2ccc(O)cc2)C(=O)N1)C(=O)N[C@@H](CCCN=C(N)N)C(=O)N[C@@H](Cc1ccc(O)cc1)C(N)=O. The van der Waals surface area contributed by atoms with Gasteiger partial charge in [0.2, 0.25) is 53.2 Å². The number of phenols is 2. The summed E-state index contributed by atoms with van der Waals surface area (Å²) in [5.41, 5.74) is 39.6. The molecular formula is C49H76N18O11. The number of primary amides is 1. The minimum atomic E-state index is -1.57. The summed E-state index contributed by atoms with van der Waals surface area (Å²) in [6, 6.07) is 2.08. The van der Waals surface area contributed by atoms with Crippen molar-refractivity contribution in [3.63, 3.8) is 0 Å². The standard InChI is InChI=1S/C49H76N18O11/c1-26(2)22-36(45(77)64-32(7-4-20-58-48(53)54)42(74)66-35(40(50)72)23-27-9-13-29(68)14-10-27)67-43(75)33(8-5-21-59-49(55)56)63-44(76)34-17-18-38(70)61-31(6-3-19-57-47(51)52)41(73)60-25-39(71)62-37(46(78)65-34)24-28-11-15-30(69)16-12-28/h9-16,26,31-37,68-69H,3-8,17-25H2,1-2H3,(H2,50,72)(H,60,73)(H,61,70)(H,62,71)(H,63,76)(H,64,77)(H,65,78)(H,66,74)(H,67,75)(H4,51,52,57)(H4,53,54,58)(H4,55,56,59)/t31-,32-,33-,34-,35-,36-,37-/m0/s1. The van der Waals surface area contributed by atoms with Gasteiger partial charge in [0, 0.05) is 38.9 Å². The zero-order chi connectivity index (χ0) is 57.9. The second kappa shape index (κ2) is 32.5. The average molecular weight is 1090 g/mol. The van der Waals surface area contributed by atoms with E-state index in [4.69, 9.17) is 40.1 Å². The number of nitrogens with zero attached hydrogens (tertiary/aromatic N) is 3. The van der Waals surface area contributed by atoms with Crippen LogP contribution in [0.5, 0.6) is 11.5 Å². The highest BCUT2D eigenvalue weighted by Gasteiger charge is 2.35. The molecule has 1 heterocycles. The van der Waals surface area contributed by atoms with Crippen molar-refractivity contribution in [2.45, 2.75) is 127 Å². The molecule has 1 fully saturated rings. The minimum Gasteiger partial charge on any atom is -0.508 e. The molecule has 3 rings (SSSR count). The number of aliphatic imine (C=N–C) groups is 3. The largest absolute Gasteiger partial charge is 0.508 e. The maximum atomic E-state index is 14.5. The highest BCUT2D eigenvalue weighted by Crippen LogP contribution is 2.15. The Morgan fingerprint density at radius 2 is 1.06 bits per heavy atom. The van der Waals surface area contributed by atoms with Crippen molar-refractivity contribution >= 4 is 71.0 Å². The zero-order valence-electron chi connectivity index (χ0n) is 43.8. The minimum absolute atomic E-state index is 0.00669. The number of carbonyl (C=O) groups excluding carboxylic acids is 9. The number of hydrogen-bond acceptors (Lipinski definition) is 14. The fraction of sp³-hybridized carbons (Fsp3) is 0.510. The lowest BCUT2D eigenvalue weighted by atomic mass is 10.0. The Morgan fingerprint density at radius 3 is 1.59 bits per heavy atom. The molecule has 0 aromatic heterocycles. The molecule has 29 heteroatoms. The normalized spacial score (nSPS) is 17.6. The van der Waals surface area contributed by atoms with Crippen LogP contribution in [0.4, 0.5) is 0 Å². The highest BCUT2D eigenvalue weighted by molar-refractivity contribution is 5.98. The van der Waals surface area contributed by atoms with Crippen LogP contribution in [0.25, 0.3) is 0 Å². The Bertz CT molecular complexity index is 2460. The van der Waals surface area contributed by atoms with Crippen molar-refractivity contribution in [1.82, 2.24) is 42.5 Å². The third-order valence-corrected chi connectivity index (χ3v) is 11.9. The van der Waals surface area contributed by atoms with E-state index < -0.39 is 115 Å². The quantitative estimate of drug-likeness (QED) is 0.0226. The fourth-order valence-electron chi connectivity index (χ4n) is 7.90. The predicted octanol–water partition coefficient (Wildman–Crippen LogP) is -5.12. The van der Waals surface area contributed by atoms with E-state index in [1.807, 2.05) is 0 Å². The Labute approximate surface area is 450 Å². The van der Waals surface area contributed by atoms with E-state index in [9.17, 15) is 53.4 Å². The van der Waals surface area contributed by atoms with E-state index in [1.54, 1.807) is 13.8 Å². The van der Waals surface area contributed by atoms with Gasteiger partial charge in [0.1, 0.15) is 53.8 Å². The van der Waals surface area contributed by atoms with Gasteiger partial charge in [-0.2, -0.15) is 0 Å². The number of benzene rings is 2. The second-order valence-electron chi connectivity index (χ2n) is 18.9. The van der Waals surface area contributed by atoms with E-state index >= 15 is 0 Å². The van der Waals surface area contributed by atoms with Crippen molar-refractivity contribution in [2.75, 3.05) is 26.2 Å². The summed E-state index contributed by atoms with van der Waals surface area (Å²) in [6.45, 7) is 3.09. The molecule has 0 radical (unpaired) electrons. The zero-order valence-corrected chi connectivity index (χ0v) is 43.8. The van der Waals surface area contributed by atoms with E-state index in [0.29, 0.717) is 11.1 Å². The van der Waals surface area contributed by atoms with Gasteiger partial charge in [-0.1, -0.05) is 38.1 Å². The number of amides is 9.